The summed E-state index contributed by atoms with van der Waals surface area (Å²) in [5, 5.41) is 0. The van der Waals surface area contributed by atoms with Crippen molar-refractivity contribution >= 4 is 23.2 Å². The topological polar surface area (TPSA) is 60.8 Å². The van der Waals surface area contributed by atoms with Crippen LogP contribution in [-0.4, -0.2) is 35.1 Å². The van der Waals surface area contributed by atoms with E-state index in [0.717, 1.165) is 55.4 Å². The van der Waals surface area contributed by atoms with Gasteiger partial charge in [-0.1, -0.05) is 89.5 Å². The molecule has 0 radical (unpaired) electrons. The highest BCUT2D eigenvalue weighted by Crippen LogP contribution is 2.21. The monoisotopic (exact) mass is 668 g/mol. The zero-order chi connectivity index (χ0) is 34.8. The summed E-state index contributed by atoms with van der Waals surface area (Å²) in [4.78, 5) is 9.79. The zero-order valence-corrected chi connectivity index (χ0v) is 31.0. The molecule has 4 rings (SSSR count). The fourth-order valence-corrected chi connectivity index (χ4v) is 6.30. The molecule has 264 valence electrons. The molecule has 0 spiro atoms. The van der Waals surface area contributed by atoms with Crippen LogP contribution in [0.1, 0.15) is 114 Å². The highest BCUT2D eigenvalue weighted by Gasteiger charge is 2.23. The summed E-state index contributed by atoms with van der Waals surface area (Å²) < 4.78 is 20.3. The minimum Gasteiger partial charge on any atom is -0.475 e. The third-order valence-corrected chi connectivity index (χ3v) is 9.17. The van der Waals surface area contributed by atoms with Crippen LogP contribution in [0, 0.1) is 0 Å². The van der Waals surface area contributed by atoms with Gasteiger partial charge in [-0.2, -0.15) is 0 Å². The van der Waals surface area contributed by atoms with Gasteiger partial charge in [0.15, 0.2) is 0 Å². The van der Waals surface area contributed by atoms with Crippen molar-refractivity contribution in [2.24, 2.45) is 24.1 Å². The summed E-state index contributed by atoms with van der Waals surface area (Å²) in [5.74, 6) is 3.22. The standard InChI is InChI=1S/C41H60N6O2/c1-7-9-11-13-15-17-27-46-31-29-44(3)40(46)38(48-5)42-36-23-19-34(20-24-36)33-35-21-25-37(26-22-35)43-39(49-6)41-45(4)30-32-47(41)28-18-16-14-12-10-8-2/h19-26,29-32H,7-18,27-28,33H2,1-6H3/q+2. The molecule has 0 aliphatic rings. The minimum atomic E-state index is 0.626. The summed E-state index contributed by atoms with van der Waals surface area (Å²) in [5.41, 5.74) is 4.20. The number of aryl methyl sites for hydroxylation is 4. The van der Waals surface area contributed by atoms with E-state index in [1.54, 1.807) is 14.2 Å². The van der Waals surface area contributed by atoms with E-state index in [2.05, 4.69) is 105 Å². The molecule has 0 aliphatic heterocycles. The molecule has 2 aromatic heterocycles. The van der Waals surface area contributed by atoms with E-state index in [-0.39, 0.29) is 0 Å². The van der Waals surface area contributed by atoms with E-state index >= 15 is 0 Å². The lowest BCUT2D eigenvalue weighted by atomic mass is 10.0. The first-order valence-corrected chi connectivity index (χ1v) is 18.5. The number of aromatic nitrogens is 4. The first-order valence-electron chi connectivity index (χ1n) is 18.5. The minimum absolute atomic E-state index is 0.626. The quantitative estimate of drug-likeness (QED) is 0.0410. The second-order valence-corrected chi connectivity index (χ2v) is 13.1. The fourth-order valence-electron chi connectivity index (χ4n) is 6.30. The lowest BCUT2D eigenvalue weighted by Crippen LogP contribution is -2.36. The summed E-state index contributed by atoms with van der Waals surface area (Å²) in [6.45, 7) is 6.45. The number of unbranched alkanes of at least 4 members (excludes halogenated alkanes) is 10. The van der Waals surface area contributed by atoms with Crippen LogP contribution in [0.3, 0.4) is 0 Å². The number of aliphatic imine (C=N–C) groups is 2. The van der Waals surface area contributed by atoms with Crippen molar-refractivity contribution in [3.8, 4) is 0 Å². The molecular formula is C41H60N6O2+2. The van der Waals surface area contributed by atoms with Gasteiger partial charge in [0, 0.05) is 0 Å². The highest BCUT2D eigenvalue weighted by molar-refractivity contribution is 5.91. The van der Waals surface area contributed by atoms with Gasteiger partial charge in [0.05, 0.1) is 52.8 Å². The molecule has 0 atom stereocenters. The third-order valence-electron chi connectivity index (χ3n) is 9.17. The van der Waals surface area contributed by atoms with Crippen molar-refractivity contribution in [1.29, 1.82) is 0 Å². The second kappa shape index (κ2) is 20.3. The number of methoxy groups -OCH3 is 2. The van der Waals surface area contributed by atoms with Crippen LogP contribution in [0.2, 0.25) is 0 Å². The number of hydrogen-bond acceptors (Lipinski definition) is 4. The Morgan fingerprint density at radius 3 is 1.29 bits per heavy atom. The SMILES string of the molecule is CCCCCCCCn1cc[n+](C)c1C(=Nc1ccc(Cc2ccc(N=C(OC)c3n(CCCCCCCC)cc[n+]3C)cc2)cc1)OC. The van der Waals surface area contributed by atoms with Crippen LogP contribution < -0.4 is 9.13 Å². The van der Waals surface area contributed by atoms with Crippen LogP contribution in [0.25, 0.3) is 0 Å². The molecule has 0 aliphatic carbocycles. The molecule has 8 nitrogen and oxygen atoms in total. The molecule has 0 bridgehead atoms. The van der Waals surface area contributed by atoms with Gasteiger partial charge in [0.1, 0.15) is 24.8 Å². The number of rotatable bonds is 20. The number of nitrogens with zero attached hydrogens (tertiary/aromatic N) is 6. The van der Waals surface area contributed by atoms with Gasteiger partial charge in [0.25, 0.3) is 0 Å². The van der Waals surface area contributed by atoms with Crippen molar-refractivity contribution in [2.75, 3.05) is 14.2 Å². The number of hydrogen-bond donors (Lipinski definition) is 0. The predicted octanol–water partition coefficient (Wildman–Crippen LogP) is 8.70. The van der Waals surface area contributed by atoms with Crippen molar-refractivity contribution in [2.45, 2.75) is 110 Å². The zero-order valence-electron chi connectivity index (χ0n) is 31.0. The molecule has 2 aromatic carbocycles. The molecular weight excluding hydrogens is 608 g/mol. The Morgan fingerprint density at radius 2 is 0.918 bits per heavy atom. The van der Waals surface area contributed by atoms with Crippen LogP contribution in [0.4, 0.5) is 11.4 Å². The van der Waals surface area contributed by atoms with E-state index in [1.165, 1.54) is 75.3 Å². The maximum atomic E-state index is 5.81. The molecule has 0 saturated heterocycles. The van der Waals surface area contributed by atoms with E-state index in [4.69, 9.17) is 19.5 Å². The number of ether oxygens (including phenoxy) is 2. The Kier molecular flexibility index (Phi) is 15.6. The van der Waals surface area contributed by atoms with Crippen molar-refractivity contribution in [3.63, 3.8) is 0 Å². The van der Waals surface area contributed by atoms with Gasteiger partial charge in [-0.3, -0.25) is 0 Å². The first-order chi connectivity index (χ1) is 24.0. The van der Waals surface area contributed by atoms with Gasteiger partial charge in [-0.15, -0.1) is 0 Å². The molecule has 0 fully saturated rings. The molecule has 0 amide bonds. The molecule has 2 heterocycles. The first kappa shape index (κ1) is 37.6. The molecule has 49 heavy (non-hydrogen) atoms. The van der Waals surface area contributed by atoms with Crippen LogP contribution in [0.15, 0.2) is 83.3 Å². The average Bonchev–Trinajstić information content (AvgIpc) is 3.67. The molecule has 0 N–H and O–H groups in total. The molecule has 0 saturated carbocycles. The van der Waals surface area contributed by atoms with Crippen LogP contribution in [0.5, 0.6) is 0 Å². The van der Waals surface area contributed by atoms with Crippen LogP contribution >= 0.6 is 0 Å². The largest absolute Gasteiger partial charge is 0.475 e. The van der Waals surface area contributed by atoms with E-state index in [0.29, 0.717) is 11.8 Å². The van der Waals surface area contributed by atoms with Gasteiger partial charge < -0.3 is 9.47 Å². The maximum Gasteiger partial charge on any atom is 0.345 e. The van der Waals surface area contributed by atoms with Crippen molar-refractivity contribution in [3.05, 3.63) is 96.1 Å². The molecule has 4 aromatic rings. The Hall–Kier alpha value is -4.20. The van der Waals surface area contributed by atoms with Crippen LogP contribution in [-0.2, 0) is 43.1 Å². The summed E-state index contributed by atoms with van der Waals surface area (Å²) in [6.07, 6.45) is 24.5. The lowest BCUT2D eigenvalue weighted by molar-refractivity contribution is -0.673. The van der Waals surface area contributed by atoms with Crippen molar-refractivity contribution < 1.29 is 18.6 Å². The predicted molar refractivity (Wildman–Crippen MR) is 200 cm³/mol. The van der Waals surface area contributed by atoms with Gasteiger partial charge in [-0.05, 0) is 67.5 Å². The second-order valence-electron chi connectivity index (χ2n) is 13.1. The molecule has 8 heteroatoms. The highest BCUT2D eigenvalue weighted by atomic mass is 16.5. The average molecular weight is 669 g/mol. The Balaban J connectivity index is 1.37. The molecule has 0 unspecified atom stereocenters. The van der Waals surface area contributed by atoms with E-state index < -0.39 is 0 Å². The van der Waals surface area contributed by atoms with Crippen molar-refractivity contribution in [1.82, 2.24) is 9.13 Å². The normalized spacial score (nSPS) is 12.1. The number of benzene rings is 2. The Labute approximate surface area is 295 Å². The van der Waals surface area contributed by atoms with Gasteiger partial charge >= 0.3 is 23.4 Å². The summed E-state index contributed by atoms with van der Waals surface area (Å²) in [6, 6.07) is 16.9. The number of imidazole rings is 2. The van der Waals surface area contributed by atoms with Gasteiger partial charge in [-0.25, -0.2) is 28.3 Å². The Morgan fingerprint density at radius 1 is 0.551 bits per heavy atom. The summed E-state index contributed by atoms with van der Waals surface area (Å²) >= 11 is 0. The third kappa shape index (κ3) is 11.4. The van der Waals surface area contributed by atoms with E-state index in [9.17, 15) is 0 Å². The maximum absolute atomic E-state index is 5.81. The van der Waals surface area contributed by atoms with Gasteiger partial charge in [0.2, 0.25) is 0 Å². The smallest absolute Gasteiger partial charge is 0.345 e. The van der Waals surface area contributed by atoms with E-state index in [1.807, 2.05) is 14.1 Å². The fraction of sp³-hybridized carbons (Fsp3) is 0.512. The lowest BCUT2D eigenvalue weighted by Gasteiger charge is -2.07. The summed E-state index contributed by atoms with van der Waals surface area (Å²) in [7, 11) is 7.50. The Bertz CT molecular complexity index is 1480.